The fraction of sp³-hybridized carbons (Fsp3) is 0.244. The minimum atomic E-state index is -1.93. The second kappa shape index (κ2) is 15.5. The predicted octanol–water partition coefficient (Wildman–Crippen LogP) is 5.70. The highest BCUT2D eigenvalue weighted by molar-refractivity contribution is 6.07. The summed E-state index contributed by atoms with van der Waals surface area (Å²) in [7, 11) is 1.52. The fourth-order valence-corrected chi connectivity index (χ4v) is 6.65. The van der Waals surface area contributed by atoms with Crippen LogP contribution in [0.5, 0.6) is 5.75 Å². The summed E-state index contributed by atoms with van der Waals surface area (Å²) in [6.45, 7) is 2.28. The van der Waals surface area contributed by atoms with E-state index in [4.69, 9.17) is 4.74 Å². The van der Waals surface area contributed by atoms with Crippen molar-refractivity contribution in [2.75, 3.05) is 30.5 Å². The normalized spacial score (nSPS) is 16.0. The molecule has 1 aliphatic heterocycles. The van der Waals surface area contributed by atoms with Crippen molar-refractivity contribution < 1.29 is 29.3 Å². The molecule has 1 aliphatic rings. The highest BCUT2D eigenvalue weighted by Gasteiger charge is 2.52. The molecule has 5 aromatic rings. The summed E-state index contributed by atoms with van der Waals surface area (Å²) in [6, 6.07) is 29.9. The summed E-state index contributed by atoms with van der Waals surface area (Å²) < 4.78 is 5.45. The number of nitrogens with one attached hydrogen (secondary N) is 2. The number of nitrogens with zero attached hydrogens (tertiary/aromatic N) is 2. The summed E-state index contributed by atoms with van der Waals surface area (Å²) in [5, 5.41) is 25.7. The molecule has 0 saturated carbocycles. The van der Waals surface area contributed by atoms with Crippen LogP contribution in [0.25, 0.3) is 10.9 Å². The summed E-state index contributed by atoms with van der Waals surface area (Å²) in [6.07, 6.45) is 5.43. The third kappa shape index (κ3) is 7.57. The lowest BCUT2D eigenvalue weighted by Gasteiger charge is -2.28. The van der Waals surface area contributed by atoms with E-state index in [0.29, 0.717) is 29.2 Å². The quantitative estimate of drug-likeness (QED) is 0.111. The van der Waals surface area contributed by atoms with Gasteiger partial charge in [-0.05, 0) is 53.1 Å². The maximum Gasteiger partial charge on any atom is 0.264 e. The van der Waals surface area contributed by atoms with E-state index in [-0.39, 0.29) is 44.4 Å². The van der Waals surface area contributed by atoms with Crippen LogP contribution in [-0.4, -0.2) is 58.1 Å². The van der Waals surface area contributed by atoms with E-state index in [2.05, 4.69) is 10.3 Å². The Kier molecular flexibility index (Phi) is 10.6. The number of hydrogen-bond donors (Lipinski definition) is 4. The average Bonchev–Trinajstić information content (AvgIpc) is 3.64. The first-order valence-electron chi connectivity index (χ1n) is 17.0. The second-order valence-electron chi connectivity index (χ2n) is 12.8. The number of para-hydroxylation sites is 1. The topological polar surface area (TPSA) is 135 Å². The number of methoxy groups -OCH3 is 1. The summed E-state index contributed by atoms with van der Waals surface area (Å²) in [5.41, 5.74) is 3.20. The number of carbonyl (C=O) groups is 3. The Morgan fingerprint density at radius 3 is 2.55 bits per heavy atom. The van der Waals surface area contributed by atoms with Crippen LogP contribution < -0.4 is 15.0 Å². The van der Waals surface area contributed by atoms with Crippen molar-refractivity contribution in [2.45, 2.75) is 38.5 Å². The van der Waals surface area contributed by atoms with Gasteiger partial charge in [0.25, 0.3) is 5.91 Å². The lowest BCUT2D eigenvalue weighted by atomic mass is 9.83. The number of aromatic nitrogens is 1. The Labute approximate surface area is 297 Å². The molecule has 2 atom stereocenters. The molecule has 10 heteroatoms. The number of carbonyl (C=O) groups excluding carboxylic acids is 3. The number of rotatable bonds is 14. The van der Waals surface area contributed by atoms with Crippen molar-refractivity contribution in [1.82, 2.24) is 9.88 Å². The van der Waals surface area contributed by atoms with Crippen LogP contribution in [0.3, 0.4) is 0 Å². The molecule has 4 aromatic carbocycles. The molecule has 0 radical (unpaired) electrons. The van der Waals surface area contributed by atoms with Gasteiger partial charge >= 0.3 is 0 Å². The Bertz CT molecular complexity index is 2060. The molecule has 0 unspecified atom stereocenters. The van der Waals surface area contributed by atoms with Gasteiger partial charge in [-0.1, -0.05) is 79.7 Å². The first kappa shape index (κ1) is 35.1. The standard InChI is InChI=1S/C41H42N4O6/c1-28(10-8-17-39(48)44(20-21-46)26-29-11-4-3-5-12-29)41(50)35-24-33(51-2)18-19-37(35)45(40(41)49)27-30-13-9-14-32(22-30)43-38(47)23-31-25-42-36-16-7-6-15-34(31)36/h3-16,18-19,22,24-25,28,42,46,50H,17,20-21,23,26-27H2,1-2H3,(H,43,47)/b10-8+/t28-,41+/m0/s1. The molecule has 0 spiro atoms. The van der Waals surface area contributed by atoms with E-state index in [1.165, 1.54) is 7.11 Å². The van der Waals surface area contributed by atoms with Crippen LogP contribution in [0.2, 0.25) is 0 Å². The van der Waals surface area contributed by atoms with Crippen LogP contribution in [0.1, 0.15) is 35.6 Å². The zero-order chi connectivity index (χ0) is 36.0. The Morgan fingerprint density at radius 2 is 1.76 bits per heavy atom. The molecule has 51 heavy (non-hydrogen) atoms. The summed E-state index contributed by atoms with van der Waals surface area (Å²) >= 11 is 0. The molecule has 0 saturated heterocycles. The van der Waals surface area contributed by atoms with E-state index < -0.39 is 17.4 Å². The maximum absolute atomic E-state index is 14.2. The zero-order valence-electron chi connectivity index (χ0n) is 28.7. The number of benzene rings is 4. The summed E-state index contributed by atoms with van der Waals surface area (Å²) in [4.78, 5) is 46.7. The van der Waals surface area contributed by atoms with Crippen LogP contribution in [0, 0.1) is 5.92 Å². The number of anilines is 2. The van der Waals surface area contributed by atoms with Crippen molar-refractivity contribution in [3.8, 4) is 5.75 Å². The molecule has 0 fully saturated rings. The molecule has 3 amide bonds. The first-order valence-corrected chi connectivity index (χ1v) is 17.0. The fourth-order valence-electron chi connectivity index (χ4n) is 6.65. The highest BCUT2D eigenvalue weighted by Crippen LogP contribution is 2.47. The number of hydrogen-bond acceptors (Lipinski definition) is 6. The van der Waals surface area contributed by atoms with Crippen molar-refractivity contribution in [2.24, 2.45) is 5.92 Å². The van der Waals surface area contributed by atoms with Gasteiger partial charge in [-0.25, -0.2) is 0 Å². The van der Waals surface area contributed by atoms with Gasteiger partial charge in [-0.15, -0.1) is 0 Å². The van der Waals surface area contributed by atoms with Gasteiger partial charge in [0.2, 0.25) is 11.8 Å². The van der Waals surface area contributed by atoms with Gasteiger partial charge in [-0.2, -0.15) is 0 Å². The van der Waals surface area contributed by atoms with Crippen molar-refractivity contribution >= 4 is 40.0 Å². The van der Waals surface area contributed by atoms with E-state index in [1.54, 1.807) is 53.1 Å². The molecule has 4 N–H and O–H groups in total. The Morgan fingerprint density at radius 1 is 1.00 bits per heavy atom. The maximum atomic E-state index is 14.2. The van der Waals surface area contributed by atoms with Crippen LogP contribution in [0.15, 0.2) is 115 Å². The number of aliphatic hydroxyl groups excluding tert-OH is 1. The van der Waals surface area contributed by atoms with Gasteiger partial charge in [0, 0.05) is 53.8 Å². The molecule has 262 valence electrons. The Hall–Kier alpha value is -5.71. The molecule has 1 aromatic heterocycles. The lowest BCUT2D eigenvalue weighted by Crippen LogP contribution is -2.44. The van der Waals surface area contributed by atoms with Crippen molar-refractivity contribution in [3.63, 3.8) is 0 Å². The Balaban J connectivity index is 1.17. The number of H-pyrrole nitrogens is 1. The van der Waals surface area contributed by atoms with Gasteiger partial charge in [0.05, 0.1) is 32.4 Å². The molecule has 0 aliphatic carbocycles. The smallest absolute Gasteiger partial charge is 0.264 e. The number of ether oxygens (including phenoxy) is 1. The van der Waals surface area contributed by atoms with Gasteiger partial charge in [0.1, 0.15) is 5.75 Å². The summed E-state index contributed by atoms with van der Waals surface area (Å²) in [5.74, 6) is -1.07. The highest BCUT2D eigenvalue weighted by atomic mass is 16.5. The first-order chi connectivity index (χ1) is 24.7. The van der Waals surface area contributed by atoms with E-state index in [9.17, 15) is 24.6 Å². The minimum absolute atomic E-state index is 0.0367. The largest absolute Gasteiger partial charge is 0.497 e. The number of aliphatic hydroxyl groups is 2. The number of fused-ring (bicyclic) bond motifs is 2. The molecular weight excluding hydrogens is 644 g/mol. The third-order valence-electron chi connectivity index (χ3n) is 9.37. The average molecular weight is 687 g/mol. The lowest BCUT2D eigenvalue weighted by molar-refractivity contribution is -0.139. The zero-order valence-corrected chi connectivity index (χ0v) is 28.7. The van der Waals surface area contributed by atoms with E-state index in [0.717, 1.165) is 27.6 Å². The van der Waals surface area contributed by atoms with Crippen molar-refractivity contribution in [1.29, 1.82) is 0 Å². The van der Waals surface area contributed by atoms with Gasteiger partial charge in [0.15, 0.2) is 5.60 Å². The number of amides is 3. The second-order valence-corrected chi connectivity index (χ2v) is 12.8. The monoisotopic (exact) mass is 686 g/mol. The van der Waals surface area contributed by atoms with Crippen molar-refractivity contribution in [3.05, 3.63) is 138 Å². The van der Waals surface area contributed by atoms with Crippen LogP contribution >= 0.6 is 0 Å². The third-order valence-corrected chi connectivity index (χ3v) is 9.37. The van der Waals surface area contributed by atoms with E-state index in [1.807, 2.05) is 79.0 Å². The predicted molar refractivity (Wildman–Crippen MR) is 197 cm³/mol. The molecule has 10 nitrogen and oxygen atoms in total. The van der Waals surface area contributed by atoms with E-state index >= 15 is 0 Å². The molecule has 0 bridgehead atoms. The van der Waals surface area contributed by atoms with Crippen LogP contribution in [0.4, 0.5) is 11.4 Å². The molecule has 6 rings (SSSR count). The molecule has 2 heterocycles. The van der Waals surface area contributed by atoms with Gasteiger partial charge in [-0.3, -0.25) is 14.4 Å². The SMILES string of the molecule is COc1ccc2c(c1)[C@](O)([C@@H](C)/C=C/CC(=O)N(CCO)Cc1ccccc1)C(=O)N2Cc1cccc(NC(=O)Cc2c[nH]c3ccccc23)c1. The molecular formula is C41H42N4O6. The van der Waals surface area contributed by atoms with Gasteiger partial charge < -0.3 is 35.1 Å². The van der Waals surface area contributed by atoms with Crippen LogP contribution in [-0.2, 0) is 39.5 Å². The minimum Gasteiger partial charge on any atom is -0.497 e. The number of aromatic amines is 1.